The van der Waals surface area contributed by atoms with Crippen LogP contribution >= 0.6 is 0 Å². The Morgan fingerprint density at radius 1 is 1.00 bits per heavy atom. The van der Waals surface area contributed by atoms with Crippen molar-refractivity contribution in [3.63, 3.8) is 0 Å². The van der Waals surface area contributed by atoms with Crippen LogP contribution in [-0.4, -0.2) is 17.9 Å². The summed E-state index contributed by atoms with van der Waals surface area (Å²) in [5.74, 6) is 0.341. The summed E-state index contributed by atoms with van der Waals surface area (Å²) in [6.07, 6.45) is 0.747. The van der Waals surface area contributed by atoms with Gasteiger partial charge in [0.2, 0.25) is 0 Å². The van der Waals surface area contributed by atoms with E-state index in [4.69, 9.17) is 0 Å². The van der Waals surface area contributed by atoms with Crippen LogP contribution in [0.25, 0.3) is 10.8 Å². The SMILES string of the molecule is CC(C)N[C@@H](Cc1cccc2ccccc12)C(=O)C(C)C. The average Bonchev–Trinajstić information content (AvgIpc) is 2.45. The van der Waals surface area contributed by atoms with E-state index >= 15 is 0 Å². The van der Waals surface area contributed by atoms with Crippen LogP contribution < -0.4 is 5.32 Å². The maximum atomic E-state index is 12.5. The summed E-state index contributed by atoms with van der Waals surface area (Å²) in [7, 11) is 0. The Kier molecular flexibility index (Phi) is 5.13. The molecule has 0 bridgehead atoms. The number of Topliss-reactive ketones (excluding diaryl/α,β-unsaturated/α-hetero) is 1. The normalized spacial score (nSPS) is 13.0. The highest BCUT2D eigenvalue weighted by Crippen LogP contribution is 2.20. The summed E-state index contributed by atoms with van der Waals surface area (Å²) in [5.41, 5.74) is 1.24. The minimum absolute atomic E-state index is 0.0521. The number of nitrogens with one attached hydrogen (secondary N) is 1. The number of hydrogen-bond donors (Lipinski definition) is 1. The van der Waals surface area contributed by atoms with Gasteiger partial charge in [0, 0.05) is 12.0 Å². The molecule has 2 aromatic rings. The monoisotopic (exact) mass is 283 g/mol. The molecule has 0 saturated heterocycles. The maximum Gasteiger partial charge on any atom is 0.152 e. The molecule has 2 heteroatoms. The third-order valence-corrected chi connectivity index (χ3v) is 3.75. The Labute approximate surface area is 127 Å². The number of hydrogen-bond acceptors (Lipinski definition) is 2. The summed E-state index contributed by atoms with van der Waals surface area (Å²) in [4.78, 5) is 12.5. The first kappa shape index (κ1) is 15.7. The van der Waals surface area contributed by atoms with E-state index in [0.717, 1.165) is 6.42 Å². The Morgan fingerprint density at radius 2 is 1.67 bits per heavy atom. The summed E-state index contributed by atoms with van der Waals surface area (Å²) in [5, 5.41) is 5.90. The first-order chi connectivity index (χ1) is 9.99. The van der Waals surface area contributed by atoms with Gasteiger partial charge in [0.05, 0.1) is 6.04 Å². The van der Waals surface area contributed by atoms with E-state index in [1.807, 2.05) is 13.8 Å². The van der Waals surface area contributed by atoms with Gasteiger partial charge in [0.25, 0.3) is 0 Å². The van der Waals surface area contributed by atoms with Gasteiger partial charge in [-0.25, -0.2) is 0 Å². The first-order valence-corrected chi connectivity index (χ1v) is 7.75. The standard InChI is InChI=1S/C19H25NO/c1-13(2)19(21)18(20-14(3)4)12-16-10-7-9-15-8-5-6-11-17(15)16/h5-11,13-14,18,20H,12H2,1-4H3/t18-/m0/s1. The molecule has 0 aliphatic heterocycles. The van der Waals surface area contributed by atoms with Crippen LogP contribution in [-0.2, 0) is 11.2 Å². The van der Waals surface area contributed by atoms with Crippen molar-refractivity contribution in [2.45, 2.75) is 46.2 Å². The van der Waals surface area contributed by atoms with Crippen LogP contribution in [0.4, 0.5) is 0 Å². The summed E-state index contributed by atoms with van der Waals surface area (Å²) >= 11 is 0. The molecule has 21 heavy (non-hydrogen) atoms. The molecule has 0 unspecified atom stereocenters. The Hall–Kier alpha value is -1.67. The lowest BCUT2D eigenvalue weighted by molar-refractivity contribution is -0.124. The van der Waals surface area contributed by atoms with Gasteiger partial charge < -0.3 is 5.32 Å². The fourth-order valence-corrected chi connectivity index (χ4v) is 2.74. The average molecular weight is 283 g/mol. The van der Waals surface area contributed by atoms with E-state index in [9.17, 15) is 4.79 Å². The highest BCUT2D eigenvalue weighted by Gasteiger charge is 2.22. The van der Waals surface area contributed by atoms with Crippen molar-refractivity contribution in [3.8, 4) is 0 Å². The lowest BCUT2D eigenvalue weighted by Crippen LogP contribution is -2.44. The maximum absolute atomic E-state index is 12.5. The van der Waals surface area contributed by atoms with E-state index < -0.39 is 0 Å². The van der Waals surface area contributed by atoms with Gasteiger partial charge in [-0.2, -0.15) is 0 Å². The van der Waals surface area contributed by atoms with Gasteiger partial charge >= 0.3 is 0 Å². The Bertz CT molecular complexity index is 610. The highest BCUT2D eigenvalue weighted by molar-refractivity contribution is 5.89. The molecule has 0 fully saturated rings. The number of fused-ring (bicyclic) bond motifs is 1. The lowest BCUT2D eigenvalue weighted by atomic mass is 9.92. The van der Waals surface area contributed by atoms with Crippen LogP contribution in [0.3, 0.4) is 0 Å². The molecule has 0 heterocycles. The van der Waals surface area contributed by atoms with Crippen molar-refractivity contribution in [2.24, 2.45) is 5.92 Å². The smallest absolute Gasteiger partial charge is 0.152 e. The lowest BCUT2D eigenvalue weighted by Gasteiger charge is -2.22. The molecule has 1 N–H and O–H groups in total. The minimum Gasteiger partial charge on any atom is -0.305 e. The topological polar surface area (TPSA) is 29.1 Å². The minimum atomic E-state index is -0.115. The molecule has 2 nitrogen and oxygen atoms in total. The predicted molar refractivity (Wildman–Crippen MR) is 89.6 cm³/mol. The van der Waals surface area contributed by atoms with Gasteiger partial charge in [-0.05, 0) is 22.8 Å². The Balaban J connectivity index is 2.32. The fourth-order valence-electron chi connectivity index (χ4n) is 2.74. The number of carbonyl (C=O) groups excluding carboxylic acids is 1. The number of carbonyl (C=O) groups is 1. The van der Waals surface area contributed by atoms with E-state index in [1.54, 1.807) is 0 Å². The van der Waals surface area contributed by atoms with Crippen molar-refractivity contribution < 1.29 is 4.79 Å². The molecule has 0 radical (unpaired) electrons. The second-order valence-electron chi connectivity index (χ2n) is 6.27. The molecular weight excluding hydrogens is 258 g/mol. The number of ketones is 1. The van der Waals surface area contributed by atoms with Crippen molar-refractivity contribution in [3.05, 3.63) is 48.0 Å². The first-order valence-electron chi connectivity index (χ1n) is 7.75. The van der Waals surface area contributed by atoms with Gasteiger partial charge in [0.1, 0.15) is 0 Å². The van der Waals surface area contributed by atoms with Gasteiger partial charge in [-0.15, -0.1) is 0 Å². The van der Waals surface area contributed by atoms with Crippen LogP contribution in [0, 0.1) is 5.92 Å². The fraction of sp³-hybridized carbons (Fsp3) is 0.421. The predicted octanol–water partition coefficient (Wildman–Crippen LogP) is 3.97. The molecule has 2 aromatic carbocycles. The summed E-state index contributed by atoms with van der Waals surface area (Å²) in [6, 6.07) is 14.9. The second-order valence-corrected chi connectivity index (χ2v) is 6.27. The quantitative estimate of drug-likeness (QED) is 0.869. The zero-order valence-electron chi connectivity index (χ0n) is 13.4. The van der Waals surface area contributed by atoms with Gasteiger partial charge in [0.15, 0.2) is 5.78 Å². The molecule has 0 aliphatic carbocycles. The summed E-state index contributed by atoms with van der Waals surface area (Å²) < 4.78 is 0. The third kappa shape index (κ3) is 3.92. The second kappa shape index (κ2) is 6.86. The Morgan fingerprint density at radius 3 is 2.33 bits per heavy atom. The molecule has 0 spiro atoms. The number of rotatable bonds is 6. The number of benzene rings is 2. The largest absolute Gasteiger partial charge is 0.305 e. The van der Waals surface area contributed by atoms with Gasteiger partial charge in [-0.1, -0.05) is 70.2 Å². The van der Waals surface area contributed by atoms with E-state index in [1.165, 1.54) is 16.3 Å². The van der Waals surface area contributed by atoms with Crippen molar-refractivity contribution in [1.82, 2.24) is 5.32 Å². The highest BCUT2D eigenvalue weighted by atomic mass is 16.1. The van der Waals surface area contributed by atoms with Crippen molar-refractivity contribution in [2.75, 3.05) is 0 Å². The van der Waals surface area contributed by atoms with Gasteiger partial charge in [-0.3, -0.25) is 4.79 Å². The zero-order valence-corrected chi connectivity index (χ0v) is 13.4. The third-order valence-electron chi connectivity index (χ3n) is 3.75. The van der Waals surface area contributed by atoms with Crippen molar-refractivity contribution in [1.29, 1.82) is 0 Å². The molecule has 1 atom stereocenters. The molecule has 2 rings (SSSR count). The molecule has 0 amide bonds. The van der Waals surface area contributed by atoms with E-state index in [2.05, 4.69) is 61.6 Å². The van der Waals surface area contributed by atoms with Crippen LogP contribution in [0.15, 0.2) is 42.5 Å². The van der Waals surface area contributed by atoms with Crippen molar-refractivity contribution >= 4 is 16.6 Å². The molecule has 0 saturated carbocycles. The van der Waals surface area contributed by atoms with Crippen LogP contribution in [0.5, 0.6) is 0 Å². The van der Waals surface area contributed by atoms with E-state index in [0.29, 0.717) is 6.04 Å². The molecular formula is C19H25NO. The molecule has 0 aromatic heterocycles. The summed E-state index contributed by atoms with van der Waals surface area (Å²) in [6.45, 7) is 8.12. The molecule has 0 aliphatic rings. The van der Waals surface area contributed by atoms with E-state index in [-0.39, 0.29) is 17.7 Å². The zero-order chi connectivity index (χ0) is 15.4. The van der Waals surface area contributed by atoms with Crippen LogP contribution in [0.1, 0.15) is 33.3 Å². The van der Waals surface area contributed by atoms with Crippen LogP contribution in [0.2, 0.25) is 0 Å². The molecule has 112 valence electrons.